The number of pyridine rings is 1. The van der Waals surface area contributed by atoms with Gasteiger partial charge in [-0.25, -0.2) is 4.98 Å². The third-order valence-electron chi connectivity index (χ3n) is 3.54. The van der Waals surface area contributed by atoms with Crippen LogP contribution in [0.5, 0.6) is 0 Å². The summed E-state index contributed by atoms with van der Waals surface area (Å²) in [5, 5.41) is 3.35. The fraction of sp³-hybridized carbons (Fsp3) is 0.462. The predicted molar refractivity (Wildman–Crippen MR) is 72.7 cm³/mol. The fourth-order valence-electron chi connectivity index (χ4n) is 2.07. The van der Waals surface area contributed by atoms with Crippen molar-refractivity contribution in [2.24, 2.45) is 11.8 Å². The van der Waals surface area contributed by atoms with Crippen molar-refractivity contribution in [2.45, 2.75) is 20.4 Å². The minimum absolute atomic E-state index is 0.126. The largest absolute Gasteiger partial charge is 0.373 e. The number of aromatic nitrogens is 1. The smallest absolute Gasteiger partial charge is 0.233 e. The summed E-state index contributed by atoms with van der Waals surface area (Å²) in [5.74, 6) is -0.229. The molecule has 102 valence electrons. The number of anilines is 1. The number of halogens is 1. The summed E-state index contributed by atoms with van der Waals surface area (Å²) in [4.78, 5) is 29.6. The molecule has 1 aliphatic heterocycles. The average molecular weight is 282 g/mol. The summed E-state index contributed by atoms with van der Waals surface area (Å²) >= 11 is 6.06. The van der Waals surface area contributed by atoms with E-state index in [0.29, 0.717) is 16.5 Å². The highest BCUT2D eigenvalue weighted by Crippen LogP contribution is 2.28. The van der Waals surface area contributed by atoms with E-state index < -0.39 is 0 Å². The van der Waals surface area contributed by atoms with Gasteiger partial charge in [-0.15, -0.1) is 0 Å². The van der Waals surface area contributed by atoms with E-state index >= 15 is 0 Å². The Morgan fingerprint density at radius 1 is 1.26 bits per heavy atom. The molecule has 0 spiro atoms. The van der Waals surface area contributed by atoms with Crippen molar-refractivity contribution in [3.8, 4) is 0 Å². The summed E-state index contributed by atoms with van der Waals surface area (Å²) < 4.78 is 0. The number of imide groups is 1. The number of hydrogen-bond acceptors (Lipinski definition) is 4. The summed E-state index contributed by atoms with van der Waals surface area (Å²) in [7, 11) is 1.75. The summed E-state index contributed by atoms with van der Waals surface area (Å²) in [6.45, 7) is 3.66. The molecule has 5 nitrogen and oxygen atoms in total. The molecule has 0 aromatic carbocycles. The lowest BCUT2D eigenvalue weighted by molar-refractivity contribution is -0.140. The maximum atomic E-state index is 12.0. The highest BCUT2D eigenvalue weighted by atomic mass is 35.5. The lowest BCUT2D eigenvalue weighted by atomic mass is 10.00. The monoisotopic (exact) mass is 281 g/mol. The molecule has 2 unspecified atom stereocenters. The van der Waals surface area contributed by atoms with E-state index in [0.717, 1.165) is 0 Å². The molecule has 2 heterocycles. The molecule has 0 bridgehead atoms. The van der Waals surface area contributed by atoms with E-state index in [1.165, 1.54) is 4.90 Å². The molecular weight excluding hydrogens is 266 g/mol. The molecule has 1 N–H and O–H groups in total. The molecule has 0 saturated carbocycles. The summed E-state index contributed by atoms with van der Waals surface area (Å²) in [5.41, 5.74) is 0.525. The van der Waals surface area contributed by atoms with E-state index in [-0.39, 0.29) is 30.2 Å². The van der Waals surface area contributed by atoms with Crippen LogP contribution in [-0.2, 0) is 16.1 Å². The molecule has 1 fully saturated rings. The number of likely N-dealkylation sites (tertiary alicyclic amines) is 1. The number of nitrogens with zero attached hydrogens (tertiary/aromatic N) is 2. The van der Waals surface area contributed by atoms with Gasteiger partial charge in [0.25, 0.3) is 0 Å². The van der Waals surface area contributed by atoms with Crippen LogP contribution in [0, 0.1) is 11.8 Å². The van der Waals surface area contributed by atoms with Crippen molar-refractivity contribution in [1.29, 1.82) is 0 Å². The first-order valence-electron chi connectivity index (χ1n) is 6.14. The van der Waals surface area contributed by atoms with Crippen molar-refractivity contribution >= 4 is 29.2 Å². The standard InChI is InChI=1S/C13H16ClN3O2/c1-7-8(2)13(19)17(12(7)18)6-10-9(14)4-5-11(15-3)16-10/h4-5,7-8H,6H2,1-3H3,(H,15,16). The van der Waals surface area contributed by atoms with Gasteiger partial charge in [0.15, 0.2) is 0 Å². The third kappa shape index (κ3) is 2.42. The van der Waals surface area contributed by atoms with Crippen LogP contribution in [0.4, 0.5) is 5.82 Å². The number of hydrogen-bond donors (Lipinski definition) is 1. The van der Waals surface area contributed by atoms with Gasteiger partial charge in [0, 0.05) is 18.9 Å². The molecule has 6 heteroatoms. The molecule has 2 amide bonds. The Morgan fingerprint density at radius 2 is 1.84 bits per heavy atom. The molecule has 1 aliphatic rings. The van der Waals surface area contributed by atoms with Crippen LogP contribution in [0.2, 0.25) is 5.02 Å². The first-order valence-corrected chi connectivity index (χ1v) is 6.52. The van der Waals surface area contributed by atoms with Crippen LogP contribution in [-0.4, -0.2) is 28.7 Å². The Morgan fingerprint density at radius 3 is 2.37 bits per heavy atom. The highest BCUT2D eigenvalue weighted by Gasteiger charge is 2.42. The Hall–Kier alpha value is -1.62. The minimum Gasteiger partial charge on any atom is -0.373 e. The lowest BCUT2D eigenvalue weighted by Gasteiger charge is -2.15. The molecule has 1 saturated heterocycles. The second-order valence-corrected chi connectivity index (χ2v) is 5.12. The van der Waals surface area contributed by atoms with Crippen LogP contribution in [0.15, 0.2) is 12.1 Å². The van der Waals surface area contributed by atoms with Crippen LogP contribution in [0.25, 0.3) is 0 Å². The SMILES string of the molecule is CNc1ccc(Cl)c(CN2C(=O)C(C)C(C)C2=O)n1. The predicted octanol–water partition coefficient (Wildman–Crippen LogP) is 1.92. The first-order chi connectivity index (χ1) is 8.95. The Bertz CT molecular complexity index is 513. The van der Waals surface area contributed by atoms with Crippen LogP contribution in [0.1, 0.15) is 19.5 Å². The number of carbonyl (C=O) groups excluding carboxylic acids is 2. The summed E-state index contributed by atoms with van der Waals surface area (Å²) in [6.07, 6.45) is 0. The van der Waals surface area contributed by atoms with Crippen LogP contribution in [0.3, 0.4) is 0 Å². The first kappa shape index (κ1) is 13.8. The Balaban J connectivity index is 2.26. The second-order valence-electron chi connectivity index (χ2n) is 4.71. The molecule has 1 aromatic heterocycles. The number of nitrogens with one attached hydrogen (secondary N) is 1. The van der Waals surface area contributed by atoms with Crippen molar-refractivity contribution in [3.05, 3.63) is 22.8 Å². The molecule has 1 aromatic rings. The number of rotatable bonds is 3. The molecule has 19 heavy (non-hydrogen) atoms. The second kappa shape index (κ2) is 5.17. The van der Waals surface area contributed by atoms with Gasteiger partial charge in [-0.1, -0.05) is 25.4 Å². The van der Waals surface area contributed by atoms with Crippen LogP contribution < -0.4 is 5.32 Å². The molecule has 2 atom stereocenters. The van der Waals surface area contributed by atoms with Gasteiger partial charge in [0.1, 0.15) is 5.82 Å². The highest BCUT2D eigenvalue weighted by molar-refractivity contribution is 6.31. The van der Waals surface area contributed by atoms with E-state index in [1.54, 1.807) is 33.0 Å². The Labute approximate surface area is 117 Å². The number of amides is 2. The maximum absolute atomic E-state index is 12.0. The van der Waals surface area contributed by atoms with Crippen molar-refractivity contribution < 1.29 is 9.59 Å². The molecule has 2 rings (SSSR count). The molecule has 0 aliphatic carbocycles. The minimum atomic E-state index is -0.279. The van der Waals surface area contributed by atoms with Crippen LogP contribution >= 0.6 is 11.6 Å². The van der Waals surface area contributed by atoms with E-state index in [4.69, 9.17) is 11.6 Å². The molecule has 0 radical (unpaired) electrons. The van der Waals surface area contributed by atoms with Gasteiger partial charge in [0.2, 0.25) is 11.8 Å². The molecular formula is C13H16ClN3O2. The Kier molecular flexibility index (Phi) is 3.75. The average Bonchev–Trinajstić information content (AvgIpc) is 2.59. The van der Waals surface area contributed by atoms with E-state index in [2.05, 4.69) is 10.3 Å². The van der Waals surface area contributed by atoms with Gasteiger partial charge >= 0.3 is 0 Å². The zero-order valence-electron chi connectivity index (χ0n) is 11.1. The third-order valence-corrected chi connectivity index (χ3v) is 3.89. The normalized spacial score (nSPS) is 23.1. The fourth-order valence-corrected chi connectivity index (χ4v) is 2.23. The quantitative estimate of drug-likeness (QED) is 0.860. The van der Waals surface area contributed by atoms with Gasteiger partial charge in [-0.05, 0) is 12.1 Å². The van der Waals surface area contributed by atoms with Crippen molar-refractivity contribution in [3.63, 3.8) is 0 Å². The van der Waals surface area contributed by atoms with Gasteiger partial charge in [-0.3, -0.25) is 14.5 Å². The zero-order valence-corrected chi connectivity index (χ0v) is 11.9. The zero-order chi connectivity index (χ0) is 14.2. The van der Waals surface area contributed by atoms with Gasteiger partial charge in [0.05, 0.1) is 17.3 Å². The van der Waals surface area contributed by atoms with Crippen molar-refractivity contribution in [2.75, 3.05) is 12.4 Å². The lowest BCUT2D eigenvalue weighted by Crippen LogP contribution is -2.30. The van der Waals surface area contributed by atoms with E-state index in [1.807, 2.05) is 0 Å². The number of carbonyl (C=O) groups is 2. The van der Waals surface area contributed by atoms with Gasteiger partial charge < -0.3 is 5.32 Å². The topological polar surface area (TPSA) is 62.3 Å². The van der Waals surface area contributed by atoms with Crippen molar-refractivity contribution in [1.82, 2.24) is 9.88 Å². The van der Waals surface area contributed by atoms with E-state index in [9.17, 15) is 9.59 Å². The van der Waals surface area contributed by atoms with Gasteiger partial charge in [-0.2, -0.15) is 0 Å². The maximum Gasteiger partial charge on any atom is 0.233 e. The summed E-state index contributed by atoms with van der Waals surface area (Å²) in [6, 6.07) is 3.44.